The largest absolute Gasteiger partial charge is 0.393 e. The van der Waals surface area contributed by atoms with Crippen LogP contribution in [0.3, 0.4) is 0 Å². The van der Waals surface area contributed by atoms with Crippen LogP contribution in [0.5, 0.6) is 0 Å². The maximum absolute atomic E-state index is 10.7. The Hall–Kier alpha value is 0.621. The number of hydrogen-bond donors (Lipinski definition) is 0. The van der Waals surface area contributed by atoms with Crippen molar-refractivity contribution in [1.82, 2.24) is 0 Å². The first-order chi connectivity index (χ1) is 5.20. The van der Waals surface area contributed by atoms with Gasteiger partial charge in [0.1, 0.15) is 0 Å². The second-order valence-electron chi connectivity index (χ2n) is 2.35. The molecule has 86 valence electrons. The summed E-state index contributed by atoms with van der Waals surface area (Å²) in [4.78, 5) is 21.4. The molecule has 2 radical (unpaired) electrons. The number of carbonyl (C=O) groups excluding carboxylic acids is 2. The number of carbonyl (C=O) groups is 2. The van der Waals surface area contributed by atoms with E-state index >= 15 is 0 Å². The second-order valence-corrected chi connectivity index (χ2v) is 2.35. The molecule has 0 spiro atoms. The van der Waals surface area contributed by atoms with E-state index in [0.29, 0.717) is 12.8 Å². The summed E-state index contributed by atoms with van der Waals surface area (Å²) in [7, 11) is 0. The Morgan fingerprint density at radius 3 is 1.46 bits per heavy atom. The van der Waals surface area contributed by atoms with Crippen LogP contribution < -0.4 is 0 Å². The smallest absolute Gasteiger partial charge is 0.313 e. The van der Waals surface area contributed by atoms with Crippen LogP contribution in [-0.2, 0) is 59.1 Å². The van der Waals surface area contributed by atoms with Crippen molar-refractivity contribution in [2.45, 2.75) is 39.5 Å². The predicted octanol–water partition coefficient (Wildman–Crippen LogP) is 1.65. The van der Waals surface area contributed by atoms with Gasteiger partial charge in [0.15, 0.2) is 0 Å². The Morgan fingerprint density at radius 1 is 0.923 bits per heavy atom. The van der Waals surface area contributed by atoms with Crippen molar-refractivity contribution in [3.05, 3.63) is 0 Å². The van der Waals surface area contributed by atoms with Crippen LogP contribution in [0.4, 0.5) is 0 Å². The average Bonchev–Trinajstić information content (AvgIpc) is 1.87. The number of rotatable bonds is 4. The van der Waals surface area contributed by atoms with Crippen LogP contribution in [-0.4, -0.2) is 11.9 Å². The summed E-state index contributed by atoms with van der Waals surface area (Å²) >= 11 is 0. The van der Waals surface area contributed by atoms with Crippen molar-refractivity contribution < 1.29 is 59.1 Å². The van der Waals surface area contributed by atoms with Gasteiger partial charge < -0.3 is 4.74 Å². The zero-order valence-corrected chi connectivity index (χ0v) is 10.6. The van der Waals surface area contributed by atoms with E-state index in [1.54, 1.807) is 0 Å². The van der Waals surface area contributed by atoms with Gasteiger partial charge >= 0.3 is 11.9 Å². The Bertz CT molecular complexity index is 132. The zero-order chi connectivity index (χ0) is 8.69. The molecule has 0 amide bonds. The molecular formula is C8H14Ag2O3. The summed E-state index contributed by atoms with van der Waals surface area (Å²) in [5, 5.41) is 0. The molecule has 0 fully saturated rings. The molecule has 0 atom stereocenters. The van der Waals surface area contributed by atoms with E-state index in [4.69, 9.17) is 0 Å². The zero-order valence-electron chi connectivity index (χ0n) is 7.66. The molecule has 0 unspecified atom stereocenters. The monoisotopic (exact) mass is 372 g/mol. The third-order valence-electron chi connectivity index (χ3n) is 1.14. The first-order valence-corrected chi connectivity index (χ1v) is 3.94. The van der Waals surface area contributed by atoms with Crippen LogP contribution in [0.1, 0.15) is 39.5 Å². The van der Waals surface area contributed by atoms with Crippen LogP contribution in [0.15, 0.2) is 0 Å². The molecule has 0 aromatic rings. The Kier molecular flexibility index (Phi) is 18.7. The van der Waals surface area contributed by atoms with Crippen molar-refractivity contribution in [1.29, 1.82) is 0 Å². The van der Waals surface area contributed by atoms with Crippen LogP contribution in [0, 0.1) is 0 Å². The quantitative estimate of drug-likeness (QED) is 0.427. The maximum atomic E-state index is 10.7. The van der Waals surface area contributed by atoms with Gasteiger partial charge in [-0.2, -0.15) is 0 Å². The molecular weight excluding hydrogens is 360 g/mol. The van der Waals surface area contributed by atoms with Crippen LogP contribution >= 0.6 is 0 Å². The molecule has 0 saturated heterocycles. The van der Waals surface area contributed by atoms with Gasteiger partial charge in [0.25, 0.3) is 0 Å². The summed E-state index contributed by atoms with van der Waals surface area (Å²) in [6, 6.07) is 0. The fraction of sp³-hybridized carbons (Fsp3) is 0.750. The fourth-order valence-corrected chi connectivity index (χ4v) is 0.637. The molecule has 0 aromatic carbocycles. The predicted molar refractivity (Wildman–Crippen MR) is 40.9 cm³/mol. The van der Waals surface area contributed by atoms with Crippen molar-refractivity contribution >= 4 is 11.9 Å². The topological polar surface area (TPSA) is 43.4 Å². The first-order valence-electron chi connectivity index (χ1n) is 3.94. The molecule has 0 bridgehead atoms. The van der Waals surface area contributed by atoms with Crippen molar-refractivity contribution in [3.63, 3.8) is 0 Å². The molecule has 3 nitrogen and oxygen atoms in total. The molecule has 0 aliphatic rings. The minimum atomic E-state index is -0.411. The van der Waals surface area contributed by atoms with Gasteiger partial charge in [0.2, 0.25) is 0 Å². The van der Waals surface area contributed by atoms with Crippen molar-refractivity contribution in [2.24, 2.45) is 0 Å². The summed E-state index contributed by atoms with van der Waals surface area (Å²) in [5.74, 6) is -0.822. The third-order valence-corrected chi connectivity index (χ3v) is 1.14. The van der Waals surface area contributed by atoms with Gasteiger partial charge in [0.05, 0.1) is 0 Å². The van der Waals surface area contributed by atoms with Crippen LogP contribution in [0.2, 0.25) is 0 Å². The van der Waals surface area contributed by atoms with E-state index in [-0.39, 0.29) is 44.8 Å². The SMILES string of the molecule is CCCC(=O)OC(=O)CCC.[Ag].[Ag]. The Morgan fingerprint density at radius 2 is 1.23 bits per heavy atom. The van der Waals surface area contributed by atoms with E-state index in [2.05, 4.69) is 4.74 Å². The minimum absolute atomic E-state index is 0. The summed E-state index contributed by atoms with van der Waals surface area (Å²) < 4.78 is 4.45. The molecule has 0 aromatic heterocycles. The Balaban J connectivity index is -0.000000500. The van der Waals surface area contributed by atoms with Gasteiger partial charge in [-0.3, -0.25) is 9.59 Å². The summed E-state index contributed by atoms with van der Waals surface area (Å²) in [6.45, 7) is 3.73. The summed E-state index contributed by atoms with van der Waals surface area (Å²) in [6.07, 6.45) is 2.10. The Labute approximate surface area is 110 Å². The minimum Gasteiger partial charge on any atom is -0.393 e. The van der Waals surface area contributed by atoms with Gasteiger partial charge in [-0.05, 0) is 12.8 Å². The number of esters is 2. The van der Waals surface area contributed by atoms with Crippen LogP contribution in [0.25, 0.3) is 0 Å². The molecule has 0 heterocycles. The summed E-state index contributed by atoms with van der Waals surface area (Å²) in [5.41, 5.74) is 0. The molecule has 13 heavy (non-hydrogen) atoms. The third kappa shape index (κ3) is 12.6. The van der Waals surface area contributed by atoms with Gasteiger partial charge in [-0.25, -0.2) is 0 Å². The molecule has 0 aliphatic carbocycles. The van der Waals surface area contributed by atoms with Gasteiger partial charge in [-0.1, -0.05) is 13.8 Å². The van der Waals surface area contributed by atoms with E-state index in [9.17, 15) is 9.59 Å². The first kappa shape index (κ1) is 19.2. The van der Waals surface area contributed by atoms with E-state index in [1.807, 2.05) is 13.8 Å². The molecule has 0 aliphatic heterocycles. The second kappa shape index (κ2) is 12.6. The number of hydrogen-bond acceptors (Lipinski definition) is 3. The normalized spacial score (nSPS) is 7.85. The molecule has 0 rings (SSSR count). The molecule has 5 heteroatoms. The van der Waals surface area contributed by atoms with Gasteiger partial charge in [-0.15, -0.1) is 0 Å². The fourth-order valence-electron chi connectivity index (χ4n) is 0.637. The van der Waals surface area contributed by atoms with Crippen molar-refractivity contribution in [3.8, 4) is 0 Å². The van der Waals surface area contributed by atoms with E-state index in [1.165, 1.54) is 0 Å². The maximum Gasteiger partial charge on any atom is 0.313 e. The average molecular weight is 374 g/mol. The van der Waals surface area contributed by atoms with Gasteiger partial charge in [0, 0.05) is 57.6 Å². The van der Waals surface area contributed by atoms with E-state index < -0.39 is 11.9 Å². The standard InChI is InChI=1S/C8H14O3.2Ag/c1-3-5-7(9)11-8(10)6-4-2;;/h3-6H2,1-2H3;;. The molecule has 0 saturated carbocycles. The molecule has 0 N–H and O–H groups in total. The van der Waals surface area contributed by atoms with Crippen molar-refractivity contribution in [2.75, 3.05) is 0 Å². The number of ether oxygens (including phenoxy) is 1. The van der Waals surface area contributed by atoms with E-state index in [0.717, 1.165) is 12.8 Å².